The highest BCUT2D eigenvalue weighted by Gasteiger charge is 2.12. The first kappa shape index (κ1) is 13.6. The predicted molar refractivity (Wildman–Crippen MR) is 67.7 cm³/mol. The normalized spacial score (nSPS) is 11.8. The fraction of sp³-hybridized carbons (Fsp3) is 0.417. The van der Waals surface area contributed by atoms with E-state index in [0.29, 0.717) is 17.3 Å². The van der Waals surface area contributed by atoms with E-state index in [9.17, 15) is 4.79 Å². The summed E-state index contributed by atoms with van der Waals surface area (Å²) in [6, 6.07) is 5.37. The molecular formula is C12H16ClNO3. The smallest absolute Gasteiger partial charge is 0.310 e. The van der Waals surface area contributed by atoms with Crippen molar-refractivity contribution in [2.75, 3.05) is 26.1 Å². The van der Waals surface area contributed by atoms with Crippen LogP contribution in [0.4, 0.5) is 5.69 Å². The fourth-order valence-corrected chi connectivity index (χ4v) is 1.59. The Hall–Kier alpha value is -1.42. The molecule has 4 nitrogen and oxygen atoms in total. The highest BCUT2D eigenvalue weighted by molar-refractivity contribution is 6.32. The van der Waals surface area contributed by atoms with Gasteiger partial charge in [0.05, 0.1) is 25.2 Å². The molecule has 0 saturated heterocycles. The van der Waals surface area contributed by atoms with E-state index in [-0.39, 0.29) is 11.9 Å². The fourth-order valence-electron chi connectivity index (χ4n) is 1.33. The maximum Gasteiger partial charge on any atom is 0.310 e. The molecule has 1 atom stereocenters. The van der Waals surface area contributed by atoms with Crippen LogP contribution in [0.15, 0.2) is 18.2 Å². The second kappa shape index (κ2) is 6.35. The van der Waals surface area contributed by atoms with Gasteiger partial charge in [0, 0.05) is 12.2 Å². The molecule has 0 aromatic heterocycles. The lowest BCUT2D eigenvalue weighted by Gasteiger charge is -2.12. The molecule has 1 aromatic carbocycles. The third-order valence-corrected chi connectivity index (χ3v) is 2.66. The Labute approximate surface area is 106 Å². The molecule has 1 aromatic rings. The van der Waals surface area contributed by atoms with E-state index in [1.54, 1.807) is 26.2 Å². The summed E-state index contributed by atoms with van der Waals surface area (Å²) in [5.41, 5.74) is 0.839. The number of carbonyl (C=O) groups is 1. The monoisotopic (exact) mass is 257 g/mol. The molecule has 0 bridgehead atoms. The van der Waals surface area contributed by atoms with Crippen LogP contribution >= 0.6 is 11.6 Å². The molecule has 0 aliphatic carbocycles. The van der Waals surface area contributed by atoms with Crippen LogP contribution in [-0.4, -0.2) is 26.7 Å². The first-order valence-corrected chi connectivity index (χ1v) is 5.61. The summed E-state index contributed by atoms with van der Waals surface area (Å²) in [5, 5.41) is 3.64. The molecule has 1 rings (SSSR count). The minimum atomic E-state index is -0.239. The van der Waals surface area contributed by atoms with Crippen molar-refractivity contribution in [3.05, 3.63) is 23.2 Å². The second-order valence-electron chi connectivity index (χ2n) is 3.65. The van der Waals surface area contributed by atoms with Crippen LogP contribution < -0.4 is 10.1 Å². The van der Waals surface area contributed by atoms with Gasteiger partial charge in [-0.2, -0.15) is 0 Å². The zero-order valence-corrected chi connectivity index (χ0v) is 10.9. The Bertz CT molecular complexity index is 395. The van der Waals surface area contributed by atoms with Crippen LogP contribution in [0, 0.1) is 5.92 Å². The Morgan fingerprint density at radius 1 is 1.47 bits per heavy atom. The second-order valence-corrected chi connectivity index (χ2v) is 4.06. The lowest BCUT2D eigenvalue weighted by Crippen LogP contribution is -2.21. The highest BCUT2D eigenvalue weighted by Crippen LogP contribution is 2.27. The van der Waals surface area contributed by atoms with Gasteiger partial charge in [0.2, 0.25) is 0 Å². The van der Waals surface area contributed by atoms with Crippen molar-refractivity contribution in [1.82, 2.24) is 0 Å². The average Bonchev–Trinajstić information content (AvgIpc) is 2.35. The number of benzene rings is 1. The standard InChI is InChI=1S/C12H16ClNO3/c1-8(12(15)17-3)7-14-9-4-5-11(16-2)10(13)6-9/h4-6,8,14H,7H2,1-3H3. The molecular weight excluding hydrogens is 242 g/mol. The number of hydrogen-bond donors (Lipinski definition) is 1. The number of rotatable bonds is 5. The van der Waals surface area contributed by atoms with E-state index in [2.05, 4.69) is 10.1 Å². The first-order chi connectivity index (χ1) is 8.08. The van der Waals surface area contributed by atoms with Crippen LogP contribution in [0.3, 0.4) is 0 Å². The number of carbonyl (C=O) groups excluding carboxylic acids is 1. The quantitative estimate of drug-likeness (QED) is 0.824. The maximum atomic E-state index is 11.2. The van der Waals surface area contributed by atoms with E-state index in [1.807, 2.05) is 6.07 Å². The van der Waals surface area contributed by atoms with Crippen molar-refractivity contribution in [1.29, 1.82) is 0 Å². The highest BCUT2D eigenvalue weighted by atomic mass is 35.5. The van der Waals surface area contributed by atoms with Crippen LogP contribution in [-0.2, 0) is 9.53 Å². The summed E-state index contributed by atoms with van der Waals surface area (Å²) in [5.74, 6) is 0.177. The van der Waals surface area contributed by atoms with E-state index in [4.69, 9.17) is 16.3 Å². The van der Waals surface area contributed by atoms with Gasteiger partial charge in [-0.25, -0.2) is 0 Å². The molecule has 0 aliphatic rings. The zero-order chi connectivity index (χ0) is 12.8. The van der Waals surface area contributed by atoms with Gasteiger partial charge in [-0.05, 0) is 18.2 Å². The predicted octanol–water partition coefficient (Wildman–Crippen LogP) is 2.57. The lowest BCUT2D eigenvalue weighted by molar-refractivity contribution is -0.144. The lowest BCUT2D eigenvalue weighted by atomic mass is 10.2. The number of hydrogen-bond acceptors (Lipinski definition) is 4. The van der Waals surface area contributed by atoms with E-state index >= 15 is 0 Å². The molecule has 0 heterocycles. The van der Waals surface area contributed by atoms with E-state index < -0.39 is 0 Å². The van der Waals surface area contributed by atoms with Gasteiger partial charge in [0.15, 0.2) is 0 Å². The number of halogens is 1. The van der Waals surface area contributed by atoms with Crippen molar-refractivity contribution >= 4 is 23.3 Å². The number of esters is 1. The summed E-state index contributed by atoms with van der Waals surface area (Å²) < 4.78 is 9.68. The van der Waals surface area contributed by atoms with E-state index in [0.717, 1.165) is 5.69 Å². The summed E-state index contributed by atoms with van der Waals surface area (Å²) in [6.07, 6.45) is 0. The Morgan fingerprint density at radius 2 is 2.18 bits per heavy atom. The van der Waals surface area contributed by atoms with E-state index in [1.165, 1.54) is 7.11 Å². The summed E-state index contributed by atoms with van der Waals surface area (Å²) in [7, 11) is 2.94. The number of nitrogens with one attached hydrogen (secondary N) is 1. The average molecular weight is 258 g/mol. The summed E-state index contributed by atoms with van der Waals surface area (Å²) in [6.45, 7) is 2.29. The zero-order valence-electron chi connectivity index (χ0n) is 10.1. The van der Waals surface area contributed by atoms with Gasteiger partial charge in [-0.1, -0.05) is 18.5 Å². The third-order valence-electron chi connectivity index (χ3n) is 2.37. The van der Waals surface area contributed by atoms with Crippen LogP contribution in [0.2, 0.25) is 5.02 Å². The molecule has 0 saturated carbocycles. The molecule has 17 heavy (non-hydrogen) atoms. The van der Waals surface area contributed by atoms with Crippen molar-refractivity contribution in [2.24, 2.45) is 5.92 Å². The molecule has 1 unspecified atom stereocenters. The Balaban J connectivity index is 2.58. The van der Waals surface area contributed by atoms with Crippen LogP contribution in [0.25, 0.3) is 0 Å². The molecule has 5 heteroatoms. The van der Waals surface area contributed by atoms with Crippen molar-refractivity contribution in [3.63, 3.8) is 0 Å². The van der Waals surface area contributed by atoms with Gasteiger partial charge in [-0.3, -0.25) is 4.79 Å². The first-order valence-electron chi connectivity index (χ1n) is 5.23. The Kier molecular flexibility index (Phi) is 5.10. The molecule has 0 radical (unpaired) electrons. The molecule has 0 spiro atoms. The van der Waals surface area contributed by atoms with Crippen molar-refractivity contribution in [3.8, 4) is 5.75 Å². The number of anilines is 1. The molecule has 0 amide bonds. The topological polar surface area (TPSA) is 47.6 Å². The Morgan fingerprint density at radius 3 is 2.71 bits per heavy atom. The summed E-state index contributed by atoms with van der Waals surface area (Å²) in [4.78, 5) is 11.2. The van der Waals surface area contributed by atoms with Crippen LogP contribution in [0.1, 0.15) is 6.92 Å². The maximum absolute atomic E-state index is 11.2. The summed E-state index contributed by atoms with van der Waals surface area (Å²) >= 11 is 5.98. The SMILES string of the molecule is COC(=O)C(C)CNc1ccc(OC)c(Cl)c1. The van der Waals surface area contributed by atoms with Gasteiger partial charge in [0.25, 0.3) is 0 Å². The van der Waals surface area contributed by atoms with Crippen LogP contribution in [0.5, 0.6) is 5.75 Å². The largest absolute Gasteiger partial charge is 0.495 e. The molecule has 0 fully saturated rings. The minimum Gasteiger partial charge on any atom is -0.495 e. The minimum absolute atomic E-state index is 0.208. The number of methoxy groups -OCH3 is 2. The van der Waals surface area contributed by atoms with Gasteiger partial charge in [-0.15, -0.1) is 0 Å². The molecule has 94 valence electrons. The van der Waals surface area contributed by atoms with Crippen molar-refractivity contribution < 1.29 is 14.3 Å². The number of ether oxygens (including phenoxy) is 2. The molecule has 0 aliphatic heterocycles. The van der Waals surface area contributed by atoms with Gasteiger partial charge < -0.3 is 14.8 Å². The molecule has 1 N–H and O–H groups in total. The van der Waals surface area contributed by atoms with Gasteiger partial charge in [0.1, 0.15) is 5.75 Å². The third kappa shape index (κ3) is 3.82. The van der Waals surface area contributed by atoms with Gasteiger partial charge >= 0.3 is 5.97 Å². The van der Waals surface area contributed by atoms with Crippen molar-refractivity contribution in [2.45, 2.75) is 6.92 Å².